The van der Waals surface area contributed by atoms with Crippen LogP contribution in [-0.4, -0.2) is 18.4 Å². The summed E-state index contributed by atoms with van der Waals surface area (Å²) in [6, 6.07) is 0.687. The van der Waals surface area contributed by atoms with Crippen LogP contribution in [0.2, 0.25) is 0 Å². The minimum Gasteiger partial charge on any atom is -0.360 e. The lowest BCUT2D eigenvalue weighted by atomic mass is 9.83. The molecular weight excluding hydrogens is 150 g/mol. The van der Waals surface area contributed by atoms with Gasteiger partial charge in [-0.1, -0.05) is 0 Å². The molecule has 1 N–H and O–H groups in total. The molecule has 1 aliphatic heterocycles. The summed E-state index contributed by atoms with van der Waals surface area (Å²) in [5, 5.41) is 3.66. The molecule has 3 aliphatic rings. The molecule has 2 heteroatoms. The lowest BCUT2D eigenvalue weighted by Crippen LogP contribution is -2.63. The number of nitrogens with one attached hydrogen (secondary N) is 1. The van der Waals surface area contributed by atoms with Crippen LogP contribution in [0.3, 0.4) is 0 Å². The Balaban J connectivity index is 1.74. The van der Waals surface area contributed by atoms with Gasteiger partial charge in [0.15, 0.2) is 0 Å². The fourth-order valence-electron chi connectivity index (χ4n) is 2.52. The first-order valence-electron chi connectivity index (χ1n) is 5.17. The average molecular weight is 167 g/mol. The van der Waals surface area contributed by atoms with Crippen molar-refractivity contribution < 1.29 is 4.74 Å². The fraction of sp³-hybridized carbons (Fsp3) is 1.00. The summed E-state index contributed by atoms with van der Waals surface area (Å²) < 4.78 is 5.94. The van der Waals surface area contributed by atoms with E-state index in [0.717, 1.165) is 6.61 Å². The highest BCUT2D eigenvalue weighted by Crippen LogP contribution is 2.54. The van der Waals surface area contributed by atoms with Gasteiger partial charge < -0.3 is 4.74 Å². The van der Waals surface area contributed by atoms with Crippen LogP contribution in [0.4, 0.5) is 0 Å². The van der Waals surface area contributed by atoms with E-state index in [4.69, 9.17) is 4.74 Å². The van der Waals surface area contributed by atoms with E-state index in [0.29, 0.717) is 11.5 Å². The molecule has 2 saturated carbocycles. The van der Waals surface area contributed by atoms with E-state index < -0.39 is 0 Å². The van der Waals surface area contributed by atoms with Gasteiger partial charge >= 0.3 is 0 Å². The van der Waals surface area contributed by atoms with Crippen molar-refractivity contribution in [1.29, 1.82) is 0 Å². The number of hydrogen-bond donors (Lipinski definition) is 1. The van der Waals surface area contributed by atoms with E-state index >= 15 is 0 Å². The van der Waals surface area contributed by atoms with Crippen LogP contribution in [0.1, 0.15) is 39.0 Å². The Hall–Kier alpha value is -0.0800. The van der Waals surface area contributed by atoms with E-state index in [9.17, 15) is 0 Å². The third kappa shape index (κ3) is 0.826. The molecule has 1 atom stereocenters. The molecule has 0 bridgehead atoms. The molecule has 3 rings (SSSR count). The molecule has 2 spiro atoms. The second kappa shape index (κ2) is 2.05. The van der Waals surface area contributed by atoms with E-state index in [1.165, 1.54) is 32.1 Å². The summed E-state index contributed by atoms with van der Waals surface area (Å²) in [6.07, 6.45) is 6.54. The minimum absolute atomic E-state index is 0.118. The largest absolute Gasteiger partial charge is 0.360 e. The normalized spacial score (nSPS) is 41.2. The zero-order valence-corrected chi connectivity index (χ0v) is 7.73. The predicted octanol–water partition coefficient (Wildman–Crippen LogP) is 1.66. The van der Waals surface area contributed by atoms with Gasteiger partial charge in [0.05, 0.1) is 6.61 Å². The van der Waals surface area contributed by atoms with Crippen LogP contribution in [0.25, 0.3) is 0 Å². The maximum atomic E-state index is 5.94. The first kappa shape index (κ1) is 7.34. The summed E-state index contributed by atoms with van der Waals surface area (Å²) in [5.74, 6) is 0. The second-order valence-electron chi connectivity index (χ2n) is 4.86. The van der Waals surface area contributed by atoms with E-state index in [-0.39, 0.29) is 5.72 Å². The third-order valence-electron chi connectivity index (χ3n) is 4.09. The zero-order valence-electron chi connectivity index (χ0n) is 7.73. The molecule has 1 unspecified atom stereocenters. The molecular formula is C10H17NO. The van der Waals surface area contributed by atoms with Crippen molar-refractivity contribution in [3.8, 4) is 0 Å². The molecule has 1 saturated heterocycles. The van der Waals surface area contributed by atoms with Crippen LogP contribution in [-0.2, 0) is 4.74 Å². The van der Waals surface area contributed by atoms with Gasteiger partial charge in [-0.3, -0.25) is 5.32 Å². The molecule has 3 fully saturated rings. The average Bonchev–Trinajstić information content (AvgIpc) is 2.74. The molecule has 2 nitrogen and oxygen atoms in total. The smallest absolute Gasteiger partial charge is 0.119 e. The Morgan fingerprint density at radius 3 is 2.42 bits per heavy atom. The topological polar surface area (TPSA) is 21.3 Å². The highest BCUT2D eigenvalue weighted by molar-refractivity contribution is 5.07. The maximum Gasteiger partial charge on any atom is 0.119 e. The van der Waals surface area contributed by atoms with Gasteiger partial charge in [-0.25, -0.2) is 0 Å². The number of rotatable bonds is 0. The molecule has 12 heavy (non-hydrogen) atoms. The second-order valence-corrected chi connectivity index (χ2v) is 4.86. The Kier molecular flexibility index (Phi) is 1.25. The molecule has 0 aromatic rings. The monoisotopic (exact) mass is 167 g/mol. The van der Waals surface area contributed by atoms with Crippen molar-refractivity contribution in [2.75, 3.05) is 6.61 Å². The summed E-state index contributed by atoms with van der Waals surface area (Å²) in [5.41, 5.74) is 0.661. The van der Waals surface area contributed by atoms with E-state index in [1.807, 2.05) is 0 Å². The first-order chi connectivity index (χ1) is 5.75. The van der Waals surface area contributed by atoms with Gasteiger partial charge in [0.25, 0.3) is 0 Å². The van der Waals surface area contributed by atoms with E-state index in [1.54, 1.807) is 0 Å². The molecule has 0 radical (unpaired) electrons. The van der Waals surface area contributed by atoms with Gasteiger partial charge in [-0.15, -0.1) is 0 Å². The van der Waals surface area contributed by atoms with Gasteiger partial charge in [-0.2, -0.15) is 0 Å². The van der Waals surface area contributed by atoms with Crippen LogP contribution in [0.15, 0.2) is 0 Å². The summed E-state index contributed by atoms with van der Waals surface area (Å²) in [6.45, 7) is 3.34. The lowest BCUT2D eigenvalue weighted by Gasteiger charge is -2.50. The molecule has 0 amide bonds. The van der Waals surface area contributed by atoms with Gasteiger partial charge in [0.2, 0.25) is 0 Å². The first-order valence-corrected chi connectivity index (χ1v) is 5.17. The highest BCUT2D eigenvalue weighted by Gasteiger charge is 2.56. The van der Waals surface area contributed by atoms with Crippen LogP contribution >= 0.6 is 0 Å². The maximum absolute atomic E-state index is 5.94. The third-order valence-corrected chi connectivity index (χ3v) is 4.09. The Morgan fingerprint density at radius 1 is 1.25 bits per heavy atom. The molecule has 1 heterocycles. The molecule has 0 aromatic carbocycles. The fourth-order valence-corrected chi connectivity index (χ4v) is 2.52. The van der Waals surface area contributed by atoms with Gasteiger partial charge in [0, 0.05) is 11.5 Å². The quantitative estimate of drug-likeness (QED) is 0.592. The predicted molar refractivity (Wildman–Crippen MR) is 46.8 cm³/mol. The molecule has 0 aromatic heterocycles. The Morgan fingerprint density at radius 2 is 2.00 bits per heavy atom. The minimum atomic E-state index is 0.118. The SMILES string of the molecule is CC1NC2(CCC2)OCC12CC2. The van der Waals surface area contributed by atoms with Crippen molar-refractivity contribution in [3.05, 3.63) is 0 Å². The van der Waals surface area contributed by atoms with Gasteiger partial charge in [-0.05, 0) is 39.0 Å². The highest BCUT2D eigenvalue weighted by atomic mass is 16.5. The van der Waals surface area contributed by atoms with Crippen molar-refractivity contribution in [3.63, 3.8) is 0 Å². The van der Waals surface area contributed by atoms with Crippen molar-refractivity contribution in [2.24, 2.45) is 5.41 Å². The Labute approximate surface area is 73.7 Å². The molecule has 2 aliphatic carbocycles. The van der Waals surface area contributed by atoms with E-state index in [2.05, 4.69) is 12.2 Å². The zero-order chi connectivity index (χ0) is 8.23. The summed E-state index contributed by atoms with van der Waals surface area (Å²) in [4.78, 5) is 0. The van der Waals surface area contributed by atoms with Crippen LogP contribution in [0.5, 0.6) is 0 Å². The standard InChI is InChI=1S/C10H17NO/c1-8-9(5-6-9)7-12-10(11-8)3-2-4-10/h8,11H,2-7H2,1H3. The summed E-state index contributed by atoms with van der Waals surface area (Å²) >= 11 is 0. The number of ether oxygens (including phenoxy) is 1. The van der Waals surface area contributed by atoms with Crippen molar-refractivity contribution in [1.82, 2.24) is 5.32 Å². The Bertz CT molecular complexity index is 206. The van der Waals surface area contributed by atoms with Crippen molar-refractivity contribution >= 4 is 0 Å². The van der Waals surface area contributed by atoms with Gasteiger partial charge in [0.1, 0.15) is 5.72 Å². The number of hydrogen-bond acceptors (Lipinski definition) is 2. The molecule has 68 valence electrons. The lowest BCUT2D eigenvalue weighted by molar-refractivity contribution is -0.179. The van der Waals surface area contributed by atoms with Crippen molar-refractivity contribution in [2.45, 2.75) is 50.8 Å². The summed E-state index contributed by atoms with van der Waals surface area (Å²) in [7, 11) is 0. The van der Waals surface area contributed by atoms with Crippen LogP contribution in [0, 0.1) is 5.41 Å². The van der Waals surface area contributed by atoms with Crippen LogP contribution < -0.4 is 5.32 Å².